The molecule has 4 aliphatic heterocycles. The highest BCUT2D eigenvalue weighted by atomic mass is 35.5. The van der Waals surface area contributed by atoms with Gasteiger partial charge in [-0.1, -0.05) is 77.8 Å². The predicted molar refractivity (Wildman–Crippen MR) is 324 cm³/mol. The summed E-state index contributed by atoms with van der Waals surface area (Å²) in [5.41, 5.74) is 1.18. The first-order valence-electron chi connectivity index (χ1n) is 31.3. The molecular formula is C66H99ClF2N8O7. The van der Waals surface area contributed by atoms with Crippen molar-refractivity contribution in [1.29, 1.82) is 0 Å². The number of nitrogens with two attached hydrogens (primary N) is 1. The zero-order valence-corrected chi connectivity index (χ0v) is 53.6. The van der Waals surface area contributed by atoms with Crippen molar-refractivity contribution in [1.82, 2.24) is 34.7 Å². The van der Waals surface area contributed by atoms with Gasteiger partial charge in [-0.25, -0.2) is 13.6 Å². The van der Waals surface area contributed by atoms with E-state index in [-0.39, 0.29) is 86.0 Å². The number of hydrogen-bond acceptors (Lipinski definition) is 9. The van der Waals surface area contributed by atoms with E-state index in [9.17, 15) is 9.50 Å². The number of hydrogen-bond donors (Lipinski definition) is 3. The number of nitrogens with one attached hydrogen (secondary N) is 1. The SMILES string of the molecule is CCC1CCC(N(C(=O)C(C)(C)C)C2CN(C(=O)[C@@H]3CN(C(C)(C)C)C[C@H]3c3ccc(Cl)cc3)[C@](C)(C(=O)O)C2[C@]2(N(C(C)=O)C3CCC(C)(C)CC3)C[C@@H](C(=O)NCCN)N(C(=O)[C@@H]3CN(C(C)(C)C)C[C@H]3c3ccc(F)cc3F)C2)CC1. The zero-order chi connectivity index (χ0) is 62.0. The number of aliphatic carboxylic acids is 1. The van der Waals surface area contributed by atoms with Gasteiger partial charge < -0.3 is 35.8 Å². The number of halogens is 3. The summed E-state index contributed by atoms with van der Waals surface area (Å²) in [5.74, 6) is -8.78. The summed E-state index contributed by atoms with van der Waals surface area (Å²) in [5, 5.41) is 16.1. The third-order valence-electron chi connectivity index (χ3n) is 20.9. The van der Waals surface area contributed by atoms with Crippen molar-refractivity contribution in [2.24, 2.45) is 40.2 Å². The fourth-order valence-corrected chi connectivity index (χ4v) is 16.3. The molecule has 4 N–H and O–H groups in total. The third kappa shape index (κ3) is 12.7. The molecule has 15 nitrogen and oxygen atoms in total. The maximum Gasteiger partial charge on any atom is 0.329 e. The normalized spacial score (nSPS) is 30.9. The van der Waals surface area contributed by atoms with Gasteiger partial charge in [-0.15, -0.1) is 0 Å². The van der Waals surface area contributed by atoms with E-state index in [0.717, 1.165) is 43.7 Å². The fraction of sp³-hybridized carbons (Fsp3) is 0.727. The summed E-state index contributed by atoms with van der Waals surface area (Å²) in [4.78, 5) is 107. The lowest BCUT2D eigenvalue weighted by atomic mass is 9.65. The summed E-state index contributed by atoms with van der Waals surface area (Å²) >= 11 is 6.48. The van der Waals surface area contributed by atoms with E-state index in [4.69, 9.17) is 17.3 Å². The van der Waals surface area contributed by atoms with Crippen LogP contribution in [-0.4, -0.2) is 169 Å². The minimum absolute atomic E-state index is 0.0420. The van der Waals surface area contributed by atoms with Crippen molar-refractivity contribution in [2.45, 2.75) is 219 Å². The van der Waals surface area contributed by atoms with Crippen molar-refractivity contribution >= 4 is 47.1 Å². The number of likely N-dealkylation sites (tertiary alicyclic amines) is 4. The maximum atomic E-state index is 16.6. The Morgan fingerprint density at radius 3 is 1.85 bits per heavy atom. The van der Waals surface area contributed by atoms with Crippen LogP contribution in [0, 0.1) is 46.1 Å². The van der Waals surface area contributed by atoms with Gasteiger partial charge in [-0.3, -0.25) is 33.8 Å². The highest BCUT2D eigenvalue weighted by Gasteiger charge is 2.73. The lowest BCUT2D eigenvalue weighted by Gasteiger charge is -2.56. The third-order valence-corrected chi connectivity index (χ3v) is 21.2. The minimum atomic E-state index is -2.19. The van der Waals surface area contributed by atoms with Gasteiger partial charge in [0.15, 0.2) is 0 Å². The minimum Gasteiger partial charge on any atom is -0.479 e. The zero-order valence-electron chi connectivity index (χ0n) is 52.8. The summed E-state index contributed by atoms with van der Waals surface area (Å²) in [6.45, 7) is 28.2. The Bertz CT molecular complexity index is 2760. The van der Waals surface area contributed by atoms with E-state index in [1.54, 1.807) is 19.1 Å². The highest BCUT2D eigenvalue weighted by molar-refractivity contribution is 6.30. The van der Waals surface area contributed by atoms with Gasteiger partial charge >= 0.3 is 5.97 Å². The summed E-state index contributed by atoms with van der Waals surface area (Å²) in [6, 6.07) is 7.59. The maximum absolute atomic E-state index is 16.6. The van der Waals surface area contributed by atoms with Gasteiger partial charge in [-0.05, 0) is 140 Å². The molecule has 84 heavy (non-hydrogen) atoms. The molecule has 6 aliphatic rings. The van der Waals surface area contributed by atoms with Crippen LogP contribution in [0.25, 0.3) is 0 Å². The number of carboxylic acid groups (broad SMARTS) is 1. The van der Waals surface area contributed by atoms with Crippen molar-refractivity contribution in [3.05, 3.63) is 70.2 Å². The van der Waals surface area contributed by atoms with E-state index < -0.39 is 99.2 Å². The Morgan fingerprint density at radius 2 is 1.33 bits per heavy atom. The second-order valence-corrected chi connectivity index (χ2v) is 30.4. The number of rotatable bonds is 14. The molecule has 0 spiro atoms. The quantitative estimate of drug-likeness (QED) is 0.165. The van der Waals surface area contributed by atoms with Crippen LogP contribution in [0.4, 0.5) is 8.78 Å². The van der Waals surface area contributed by atoms with Crippen molar-refractivity contribution in [3.8, 4) is 0 Å². The van der Waals surface area contributed by atoms with Crippen LogP contribution in [0.3, 0.4) is 0 Å². The van der Waals surface area contributed by atoms with Crippen LogP contribution in [0.1, 0.15) is 184 Å². The topological polar surface area (TPSA) is 180 Å². The Balaban J connectivity index is 1.42. The molecule has 0 aromatic heterocycles. The molecule has 4 saturated heterocycles. The Labute approximate surface area is 504 Å². The van der Waals surface area contributed by atoms with Crippen molar-refractivity contribution in [2.75, 3.05) is 52.4 Å². The van der Waals surface area contributed by atoms with Gasteiger partial charge in [0.1, 0.15) is 23.2 Å². The molecule has 2 unspecified atom stereocenters. The molecule has 2 aliphatic carbocycles. The summed E-state index contributed by atoms with van der Waals surface area (Å²) in [7, 11) is 0. The average molecular weight is 1190 g/mol. The van der Waals surface area contributed by atoms with E-state index in [1.807, 2.05) is 63.5 Å². The lowest BCUT2D eigenvalue weighted by Crippen LogP contribution is -2.71. The van der Waals surface area contributed by atoms with Gasteiger partial charge in [0, 0.05) is 123 Å². The largest absolute Gasteiger partial charge is 0.479 e. The van der Waals surface area contributed by atoms with Gasteiger partial charge in [0.2, 0.25) is 29.5 Å². The highest BCUT2D eigenvalue weighted by Crippen LogP contribution is 2.56. The number of carbonyl (C=O) groups is 6. The number of amides is 5. The first-order valence-corrected chi connectivity index (χ1v) is 31.6. The molecule has 2 aromatic rings. The van der Waals surface area contributed by atoms with E-state index >= 15 is 33.2 Å². The molecule has 5 amide bonds. The van der Waals surface area contributed by atoms with Crippen molar-refractivity contribution < 1.29 is 42.7 Å². The Morgan fingerprint density at radius 1 is 0.762 bits per heavy atom. The van der Waals surface area contributed by atoms with Gasteiger partial charge in [0.25, 0.3) is 0 Å². The molecule has 466 valence electrons. The van der Waals surface area contributed by atoms with Crippen LogP contribution in [0.15, 0.2) is 42.5 Å². The van der Waals surface area contributed by atoms with Gasteiger partial charge in [-0.2, -0.15) is 0 Å². The summed E-state index contributed by atoms with van der Waals surface area (Å²) in [6.07, 6.45) is 6.15. The number of carboxylic acids is 1. The average Bonchev–Trinajstić information content (AvgIpc) is 3.23. The van der Waals surface area contributed by atoms with Crippen LogP contribution >= 0.6 is 11.6 Å². The van der Waals surface area contributed by atoms with Crippen LogP contribution < -0.4 is 11.1 Å². The monoisotopic (exact) mass is 1190 g/mol. The van der Waals surface area contributed by atoms with E-state index in [0.29, 0.717) is 49.7 Å². The van der Waals surface area contributed by atoms with E-state index in [2.05, 4.69) is 56.7 Å². The second kappa shape index (κ2) is 24.5. The van der Waals surface area contributed by atoms with Crippen molar-refractivity contribution in [3.63, 3.8) is 0 Å². The van der Waals surface area contributed by atoms with Gasteiger partial charge in [0.05, 0.1) is 23.4 Å². The molecule has 4 heterocycles. The Hall–Kier alpha value is -4.71. The molecule has 0 radical (unpaired) electrons. The molecule has 2 aromatic carbocycles. The number of nitrogens with zero attached hydrogens (tertiary/aromatic N) is 6. The molecule has 2 saturated carbocycles. The van der Waals surface area contributed by atoms with Crippen LogP contribution in [-0.2, 0) is 28.8 Å². The summed E-state index contributed by atoms with van der Waals surface area (Å²) < 4.78 is 31.0. The lowest BCUT2D eigenvalue weighted by molar-refractivity contribution is -0.169. The van der Waals surface area contributed by atoms with E-state index in [1.165, 1.54) is 28.9 Å². The molecule has 8 rings (SSSR count). The smallest absolute Gasteiger partial charge is 0.329 e. The first kappa shape index (κ1) is 65.3. The number of benzene rings is 2. The molecule has 9 atom stereocenters. The number of carbonyl (C=O) groups excluding carboxylic acids is 5. The molecule has 0 bridgehead atoms. The van der Waals surface area contributed by atoms with Crippen LogP contribution in [0.2, 0.25) is 5.02 Å². The molecule has 6 fully saturated rings. The standard InChI is InChI=1S/C66H99ClF2N8O7/c1-15-41-16-23-45(24-17-41)76(59(82)61(3,4)5)54-38-75(58(81)50-36-72(62(6,7)8)34-48(50)42-18-20-43(67)21-19-42)65(14,60(83)84)55(54)66(77(40(2)78)46-26-28-64(12,13)29-27-46)33-53(56(79)71-31-30-70)74(39-66)57(80)51-37-73(63(9,10)11)35-49(51)47-25-22-44(68)32-52(47)69/h18-22,25,32,41,45-46,48-51,53-55H,15-17,23-24,26-31,33-39,70H2,1-14H3,(H,71,79)(H,83,84)/t41?,45?,48-,49-,50+,51+,53-,54?,55?,65-,66-/m0/s1. The Kier molecular flexibility index (Phi) is 19.0. The fourth-order valence-electron chi connectivity index (χ4n) is 16.1. The predicted octanol–water partition coefficient (Wildman–Crippen LogP) is 9.69. The molecule has 18 heteroatoms. The molecular weight excluding hydrogens is 1090 g/mol. The van der Waals surface area contributed by atoms with Crippen LogP contribution in [0.5, 0.6) is 0 Å². The second-order valence-electron chi connectivity index (χ2n) is 29.9. The first-order chi connectivity index (χ1) is 39.1.